The molecule has 0 aliphatic heterocycles. The zero-order valence-electron chi connectivity index (χ0n) is 11.7. The molecule has 2 aromatic rings. The van der Waals surface area contributed by atoms with Crippen LogP contribution in [0.1, 0.15) is 31.1 Å². The summed E-state index contributed by atoms with van der Waals surface area (Å²) in [6.07, 6.45) is -0.709. The number of hydrogen-bond acceptors (Lipinski definition) is 3. The van der Waals surface area contributed by atoms with Crippen molar-refractivity contribution in [2.24, 2.45) is 0 Å². The summed E-state index contributed by atoms with van der Waals surface area (Å²) < 4.78 is 0. The van der Waals surface area contributed by atoms with Crippen molar-refractivity contribution in [3.05, 3.63) is 46.2 Å². The Kier molecular flexibility index (Phi) is 3.63. The van der Waals surface area contributed by atoms with Gasteiger partial charge in [-0.3, -0.25) is 9.59 Å². The Labute approximate surface area is 116 Å². The second-order valence-corrected chi connectivity index (χ2v) is 5.44. The molecule has 2 rings (SSSR count). The van der Waals surface area contributed by atoms with E-state index >= 15 is 0 Å². The first-order chi connectivity index (χ1) is 9.31. The number of carbonyl (C=O) groups excluding carboxylic acids is 1. The highest BCUT2D eigenvalue weighted by atomic mass is 16.3. The van der Waals surface area contributed by atoms with Crippen molar-refractivity contribution in [2.75, 3.05) is 0 Å². The van der Waals surface area contributed by atoms with Gasteiger partial charge in [-0.05, 0) is 26.8 Å². The molecule has 1 aromatic heterocycles. The van der Waals surface area contributed by atoms with Crippen molar-refractivity contribution in [3.63, 3.8) is 0 Å². The topological polar surface area (TPSA) is 82.2 Å². The highest BCUT2D eigenvalue weighted by molar-refractivity contribution is 6.06. The Morgan fingerprint density at radius 2 is 2.00 bits per heavy atom. The highest BCUT2D eigenvalue weighted by Crippen LogP contribution is 2.16. The number of pyridine rings is 1. The zero-order valence-corrected chi connectivity index (χ0v) is 11.7. The second kappa shape index (κ2) is 5.09. The first kappa shape index (κ1) is 14.3. The maximum atomic E-state index is 12.4. The van der Waals surface area contributed by atoms with E-state index in [1.54, 1.807) is 45.0 Å². The van der Waals surface area contributed by atoms with Gasteiger partial charge in [0.1, 0.15) is 0 Å². The van der Waals surface area contributed by atoms with Crippen molar-refractivity contribution in [3.8, 4) is 0 Å². The molecule has 1 amide bonds. The average Bonchev–Trinajstić information content (AvgIpc) is 2.36. The number of aliphatic hydroxyl groups excluding tert-OH is 1. The molecule has 106 valence electrons. The molecule has 1 aromatic carbocycles. The minimum absolute atomic E-state index is 0.304. The number of aliphatic hydroxyl groups is 1. The highest BCUT2D eigenvalue weighted by Gasteiger charge is 2.27. The Morgan fingerprint density at radius 3 is 2.65 bits per heavy atom. The number of nitrogens with one attached hydrogen (secondary N) is 2. The van der Waals surface area contributed by atoms with Crippen LogP contribution < -0.4 is 10.9 Å². The molecule has 0 fully saturated rings. The summed E-state index contributed by atoms with van der Waals surface area (Å²) in [6, 6.07) is 8.38. The van der Waals surface area contributed by atoms with Crippen LogP contribution in [-0.4, -0.2) is 27.6 Å². The second-order valence-electron chi connectivity index (χ2n) is 5.44. The lowest BCUT2D eigenvalue weighted by Gasteiger charge is -2.29. The minimum Gasteiger partial charge on any atom is -0.391 e. The summed E-state index contributed by atoms with van der Waals surface area (Å²) >= 11 is 0. The van der Waals surface area contributed by atoms with Crippen LogP contribution in [0.2, 0.25) is 0 Å². The predicted molar refractivity (Wildman–Crippen MR) is 77.8 cm³/mol. The summed E-state index contributed by atoms with van der Waals surface area (Å²) in [4.78, 5) is 26.7. The van der Waals surface area contributed by atoms with Gasteiger partial charge in [-0.25, -0.2) is 0 Å². The summed E-state index contributed by atoms with van der Waals surface area (Å²) in [6.45, 7) is 5.06. The molecule has 0 spiro atoms. The molecular weight excluding hydrogens is 256 g/mol. The molecular formula is C15H18N2O3. The van der Waals surface area contributed by atoms with Gasteiger partial charge in [-0.15, -0.1) is 0 Å². The van der Waals surface area contributed by atoms with Gasteiger partial charge in [0.25, 0.3) is 5.91 Å². The number of aromatic nitrogens is 1. The zero-order chi connectivity index (χ0) is 14.9. The number of benzene rings is 1. The van der Waals surface area contributed by atoms with Crippen LogP contribution in [0, 0.1) is 0 Å². The van der Waals surface area contributed by atoms with E-state index in [-0.39, 0.29) is 11.5 Å². The van der Waals surface area contributed by atoms with Crippen LogP contribution in [0.3, 0.4) is 0 Å². The monoisotopic (exact) mass is 274 g/mol. The number of para-hydroxylation sites is 1. The van der Waals surface area contributed by atoms with Crippen molar-refractivity contribution in [1.82, 2.24) is 10.3 Å². The molecule has 0 aliphatic carbocycles. The minimum atomic E-state index is -0.777. The van der Waals surface area contributed by atoms with E-state index in [1.165, 1.54) is 6.07 Å². The van der Waals surface area contributed by atoms with E-state index in [9.17, 15) is 14.7 Å². The standard InChI is InChI=1S/C15H18N2O3/c1-9(18)15(2,3)17-14(20)11-8-13(19)16-12-7-5-4-6-10(11)12/h4-9,18H,1-3H3,(H,16,19)(H,17,20). The van der Waals surface area contributed by atoms with Crippen molar-refractivity contribution in [2.45, 2.75) is 32.4 Å². The SMILES string of the molecule is CC(O)C(C)(C)NC(=O)c1cc(=O)[nH]c2ccccc12. The van der Waals surface area contributed by atoms with Gasteiger partial charge < -0.3 is 15.4 Å². The molecule has 20 heavy (non-hydrogen) atoms. The summed E-state index contributed by atoms with van der Waals surface area (Å²) in [7, 11) is 0. The van der Waals surface area contributed by atoms with E-state index < -0.39 is 11.6 Å². The van der Waals surface area contributed by atoms with Gasteiger partial charge in [0.2, 0.25) is 5.56 Å². The molecule has 3 N–H and O–H groups in total. The summed E-state index contributed by atoms with van der Waals surface area (Å²) in [5, 5.41) is 13.1. The first-order valence-electron chi connectivity index (χ1n) is 6.44. The van der Waals surface area contributed by atoms with Crippen LogP contribution in [0.15, 0.2) is 35.1 Å². The number of aromatic amines is 1. The van der Waals surface area contributed by atoms with Crippen LogP contribution in [0.4, 0.5) is 0 Å². The fraction of sp³-hybridized carbons (Fsp3) is 0.333. The van der Waals surface area contributed by atoms with Crippen molar-refractivity contribution < 1.29 is 9.90 Å². The summed E-state index contributed by atoms with van der Waals surface area (Å²) in [5.41, 5.74) is -0.192. The third-order valence-electron chi connectivity index (χ3n) is 3.48. The number of amides is 1. The lowest BCUT2D eigenvalue weighted by Crippen LogP contribution is -2.51. The number of rotatable bonds is 3. The molecule has 1 unspecified atom stereocenters. The molecule has 0 saturated heterocycles. The molecule has 0 bridgehead atoms. The molecule has 5 heteroatoms. The quantitative estimate of drug-likeness (QED) is 0.791. The molecule has 1 atom stereocenters. The predicted octanol–water partition coefficient (Wildman–Crippen LogP) is 1.42. The van der Waals surface area contributed by atoms with Crippen LogP contribution in [-0.2, 0) is 0 Å². The Hall–Kier alpha value is -2.14. The van der Waals surface area contributed by atoms with E-state index in [1.807, 2.05) is 0 Å². The van der Waals surface area contributed by atoms with E-state index in [0.717, 1.165) is 0 Å². The average molecular weight is 274 g/mol. The molecule has 0 saturated carbocycles. The number of hydrogen-bond donors (Lipinski definition) is 3. The normalized spacial score (nSPS) is 13.2. The molecule has 0 aliphatic rings. The summed E-state index contributed by atoms with van der Waals surface area (Å²) in [5.74, 6) is -0.377. The Balaban J connectivity index is 2.48. The largest absolute Gasteiger partial charge is 0.391 e. The maximum absolute atomic E-state index is 12.4. The number of fused-ring (bicyclic) bond motifs is 1. The van der Waals surface area contributed by atoms with Gasteiger partial charge in [0, 0.05) is 17.0 Å². The molecule has 0 radical (unpaired) electrons. The van der Waals surface area contributed by atoms with Crippen molar-refractivity contribution >= 4 is 16.8 Å². The van der Waals surface area contributed by atoms with Gasteiger partial charge in [-0.1, -0.05) is 18.2 Å². The third-order valence-corrected chi connectivity index (χ3v) is 3.48. The lowest BCUT2D eigenvalue weighted by molar-refractivity contribution is 0.0710. The smallest absolute Gasteiger partial charge is 0.252 e. The maximum Gasteiger partial charge on any atom is 0.252 e. The van der Waals surface area contributed by atoms with E-state index in [0.29, 0.717) is 16.5 Å². The van der Waals surface area contributed by atoms with Gasteiger partial charge in [-0.2, -0.15) is 0 Å². The van der Waals surface area contributed by atoms with E-state index in [4.69, 9.17) is 0 Å². The van der Waals surface area contributed by atoms with Gasteiger partial charge in [0.05, 0.1) is 17.2 Å². The first-order valence-corrected chi connectivity index (χ1v) is 6.44. The molecule has 5 nitrogen and oxygen atoms in total. The van der Waals surface area contributed by atoms with Gasteiger partial charge in [0.15, 0.2) is 0 Å². The van der Waals surface area contributed by atoms with Crippen LogP contribution in [0.25, 0.3) is 10.9 Å². The molecule has 1 heterocycles. The van der Waals surface area contributed by atoms with Crippen molar-refractivity contribution in [1.29, 1.82) is 0 Å². The Morgan fingerprint density at radius 1 is 1.35 bits per heavy atom. The van der Waals surface area contributed by atoms with Crippen LogP contribution >= 0.6 is 0 Å². The Bertz CT molecular complexity index is 702. The fourth-order valence-corrected chi connectivity index (χ4v) is 1.86. The third kappa shape index (κ3) is 2.72. The fourth-order valence-electron chi connectivity index (χ4n) is 1.86. The van der Waals surface area contributed by atoms with Crippen LogP contribution in [0.5, 0.6) is 0 Å². The van der Waals surface area contributed by atoms with Gasteiger partial charge >= 0.3 is 0 Å². The number of carbonyl (C=O) groups is 1. The number of H-pyrrole nitrogens is 1. The lowest BCUT2D eigenvalue weighted by atomic mass is 9.97. The van der Waals surface area contributed by atoms with E-state index in [2.05, 4.69) is 10.3 Å².